The Morgan fingerprint density at radius 2 is 2.09 bits per heavy atom. The molecule has 2 N–H and O–H groups in total. The zero-order chi connectivity index (χ0) is 16.0. The Bertz CT molecular complexity index is 515. The van der Waals surface area contributed by atoms with Crippen molar-refractivity contribution in [2.75, 3.05) is 38.7 Å². The maximum Gasteiger partial charge on any atom is 0.233 e. The molecule has 1 heterocycles. The molecule has 23 heavy (non-hydrogen) atoms. The van der Waals surface area contributed by atoms with Gasteiger partial charge < -0.3 is 20.1 Å². The summed E-state index contributed by atoms with van der Waals surface area (Å²) in [5.41, 5.74) is 0.192. The van der Waals surface area contributed by atoms with Gasteiger partial charge in [0.1, 0.15) is 5.75 Å². The van der Waals surface area contributed by atoms with Gasteiger partial charge in [-0.05, 0) is 51.1 Å². The summed E-state index contributed by atoms with van der Waals surface area (Å²) in [7, 11) is 1.63. The standard InChI is InChI=1S/C16H23ClN2O3.ClH/c1-3-22-14-5-4-12(10-13(14)17)19-15(20)16(11-21-2)6-8-18-9-7-16;/h4-5,10,18H,3,6-9,11H2,1-2H3,(H,19,20);1H. The summed E-state index contributed by atoms with van der Waals surface area (Å²) < 4.78 is 10.7. The Labute approximate surface area is 148 Å². The third-order valence-corrected chi connectivity index (χ3v) is 4.25. The molecule has 0 radical (unpaired) electrons. The van der Waals surface area contributed by atoms with E-state index in [1.165, 1.54) is 0 Å². The first kappa shape index (κ1) is 20.0. The average molecular weight is 363 g/mol. The van der Waals surface area contributed by atoms with E-state index in [0.29, 0.717) is 29.7 Å². The number of piperidine rings is 1. The molecule has 1 fully saturated rings. The molecule has 0 unspecified atom stereocenters. The van der Waals surface area contributed by atoms with Gasteiger partial charge in [-0.25, -0.2) is 0 Å². The lowest BCUT2D eigenvalue weighted by atomic mass is 9.78. The van der Waals surface area contributed by atoms with Gasteiger partial charge in [-0.2, -0.15) is 0 Å². The van der Waals surface area contributed by atoms with Crippen LogP contribution < -0.4 is 15.4 Å². The number of amides is 1. The Kier molecular flexibility index (Phi) is 8.12. The normalized spacial score (nSPS) is 16.3. The second-order valence-corrected chi connectivity index (χ2v) is 5.90. The van der Waals surface area contributed by atoms with Gasteiger partial charge >= 0.3 is 0 Å². The van der Waals surface area contributed by atoms with Crippen LogP contribution in [0.5, 0.6) is 5.75 Å². The van der Waals surface area contributed by atoms with Crippen LogP contribution in [0.25, 0.3) is 0 Å². The molecule has 0 bridgehead atoms. The summed E-state index contributed by atoms with van der Waals surface area (Å²) in [6.45, 7) is 4.51. The molecule has 0 saturated carbocycles. The van der Waals surface area contributed by atoms with Gasteiger partial charge in [0.2, 0.25) is 5.91 Å². The first-order valence-corrected chi connectivity index (χ1v) is 7.92. The molecule has 0 spiro atoms. The van der Waals surface area contributed by atoms with E-state index in [4.69, 9.17) is 21.1 Å². The number of rotatable bonds is 6. The summed E-state index contributed by atoms with van der Waals surface area (Å²) in [4.78, 5) is 12.7. The van der Waals surface area contributed by atoms with Crippen LogP contribution in [0.4, 0.5) is 5.69 Å². The van der Waals surface area contributed by atoms with Gasteiger partial charge in [0.05, 0.1) is 23.7 Å². The zero-order valence-corrected chi connectivity index (χ0v) is 15.1. The van der Waals surface area contributed by atoms with Crippen molar-refractivity contribution in [3.63, 3.8) is 0 Å². The van der Waals surface area contributed by atoms with E-state index in [-0.39, 0.29) is 18.3 Å². The number of benzene rings is 1. The molecule has 2 rings (SSSR count). The van der Waals surface area contributed by atoms with E-state index in [2.05, 4.69) is 10.6 Å². The highest BCUT2D eigenvalue weighted by Gasteiger charge is 2.39. The molecule has 1 saturated heterocycles. The number of hydrogen-bond acceptors (Lipinski definition) is 4. The minimum atomic E-state index is -0.481. The predicted molar refractivity (Wildman–Crippen MR) is 94.9 cm³/mol. The van der Waals surface area contributed by atoms with Crippen molar-refractivity contribution in [3.05, 3.63) is 23.2 Å². The van der Waals surface area contributed by atoms with Crippen LogP contribution in [-0.2, 0) is 9.53 Å². The first-order valence-electron chi connectivity index (χ1n) is 7.55. The van der Waals surface area contributed by atoms with Gasteiger partial charge in [-0.15, -0.1) is 12.4 Å². The fourth-order valence-corrected chi connectivity index (χ4v) is 2.97. The summed E-state index contributed by atoms with van der Waals surface area (Å²) >= 11 is 6.16. The topological polar surface area (TPSA) is 59.6 Å². The monoisotopic (exact) mass is 362 g/mol. The molecular formula is C16H24Cl2N2O3. The molecule has 5 nitrogen and oxygen atoms in total. The number of ether oxygens (including phenoxy) is 2. The minimum Gasteiger partial charge on any atom is -0.492 e. The van der Waals surface area contributed by atoms with E-state index in [9.17, 15) is 4.79 Å². The molecule has 1 aliphatic rings. The molecule has 130 valence electrons. The molecule has 1 aliphatic heterocycles. The summed E-state index contributed by atoms with van der Waals surface area (Å²) in [6, 6.07) is 5.29. The van der Waals surface area contributed by atoms with E-state index >= 15 is 0 Å². The van der Waals surface area contributed by atoms with Crippen LogP contribution in [0.3, 0.4) is 0 Å². The van der Waals surface area contributed by atoms with Crippen LogP contribution in [0.2, 0.25) is 5.02 Å². The summed E-state index contributed by atoms with van der Waals surface area (Å²) in [5, 5.41) is 6.73. The van der Waals surface area contributed by atoms with Crippen molar-refractivity contribution in [2.24, 2.45) is 5.41 Å². The lowest BCUT2D eigenvalue weighted by Crippen LogP contribution is -2.47. The van der Waals surface area contributed by atoms with Crippen LogP contribution in [-0.4, -0.2) is 39.3 Å². The van der Waals surface area contributed by atoms with Gasteiger partial charge in [0.15, 0.2) is 0 Å². The van der Waals surface area contributed by atoms with E-state index < -0.39 is 5.41 Å². The Morgan fingerprint density at radius 1 is 1.39 bits per heavy atom. The van der Waals surface area contributed by atoms with Crippen molar-refractivity contribution in [1.29, 1.82) is 0 Å². The van der Waals surface area contributed by atoms with E-state index in [0.717, 1.165) is 25.9 Å². The molecule has 0 atom stereocenters. The highest BCUT2D eigenvalue weighted by atomic mass is 35.5. The smallest absolute Gasteiger partial charge is 0.233 e. The quantitative estimate of drug-likeness (QED) is 0.815. The van der Waals surface area contributed by atoms with Crippen LogP contribution in [0, 0.1) is 5.41 Å². The number of hydrogen-bond donors (Lipinski definition) is 2. The second kappa shape index (κ2) is 9.33. The van der Waals surface area contributed by atoms with Gasteiger partial charge in [-0.3, -0.25) is 4.79 Å². The van der Waals surface area contributed by atoms with Crippen molar-refractivity contribution < 1.29 is 14.3 Å². The molecule has 1 aromatic rings. The number of carbonyl (C=O) groups is 1. The number of anilines is 1. The fourth-order valence-electron chi connectivity index (χ4n) is 2.73. The van der Waals surface area contributed by atoms with Crippen molar-refractivity contribution in [3.8, 4) is 5.75 Å². The van der Waals surface area contributed by atoms with Crippen molar-refractivity contribution >= 4 is 35.6 Å². The van der Waals surface area contributed by atoms with Crippen LogP contribution in [0.1, 0.15) is 19.8 Å². The largest absolute Gasteiger partial charge is 0.492 e. The third kappa shape index (κ3) is 4.98. The van der Waals surface area contributed by atoms with Crippen molar-refractivity contribution in [2.45, 2.75) is 19.8 Å². The zero-order valence-electron chi connectivity index (χ0n) is 13.5. The maximum absolute atomic E-state index is 12.7. The van der Waals surface area contributed by atoms with Crippen LogP contribution in [0.15, 0.2) is 18.2 Å². The number of halogens is 2. The second-order valence-electron chi connectivity index (χ2n) is 5.50. The number of methoxy groups -OCH3 is 1. The molecule has 7 heteroatoms. The highest BCUT2D eigenvalue weighted by molar-refractivity contribution is 6.32. The molecule has 1 aromatic carbocycles. The Balaban J connectivity index is 0.00000264. The van der Waals surface area contributed by atoms with E-state index in [1.54, 1.807) is 25.3 Å². The SMILES string of the molecule is CCOc1ccc(NC(=O)C2(COC)CCNCC2)cc1Cl.Cl. The molecular weight excluding hydrogens is 339 g/mol. The van der Waals surface area contributed by atoms with Crippen molar-refractivity contribution in [1.82, 2.24) is 5.32 Å². The Hall–Kier alpha value is -1.01. The third-order valence-electron chi connectivity index (χ3n) is 3.95. The highest BCUT2D eigenvalue weighted by Crippen LogP contribution is 2.32. The molecule has 1 amide bonds. The van der Waals surface area contributed by atoms with Gasteiger partial charge in [0, 0.05) is 12.8 Å². The average Bonchev–Trinajstić information content (AvgIpc) is 2.51. The van der Waals surface area contributed by atoms with Gasteiger partial charge in [-0.1, -0.05) is 11.6 Å². The summed E-state index contributed by atoms with van der Waals surface area (Å²) in [5.74, 6) is 0.603. The molecule has 0 aromatic heterocycles. The lowest BCUT2D eigenvalue weighted by molar-refractivity contribution is -0.130. The fraction of sp³-hybridized carbons (Fsp3) is 0.562. The molecule has 0 aliphatic carbocycles. The maximum atomic E-state index is 12.7. The summed E-state index contributed by atoms with van der Waals surface area (Å²) in [6.07, 6.45) is 1.52. The Morgan fingerprint density at radius 3 is 2.65 bits per heavy atom. The lowest BCUT2D eigenvalue weighted by Gasteiger charge is -2.35. The predicted octanol–water partition coefficient (Wildman–Crippen LogP) is 3.12. The minimum absolute atomic E-state index is 0. The van der Waals surface area contributed by atoms with Gasteiger partial charge in [0.25, 0.3) is 0 Å². The number of nitrogens with one attached hydrogen (secondary N) is 2. The van der Waals surface area contributed by atoms with Crippen LogP contribution >= 0.6 is 24.0 Å². The number of carbonyl (C=O) groups excluding carboxylic acids is 1. The first-order chi connectivity index (χ1) is 10.6. The van der Waals surface area contributed by atoms with E-state index in [1.807, 2.05) is 6.92 Å².